The molecule has 4 atom stereocenters. The van der Waals surface area contributed by atoms with E-state index in [1.54, 1.807) is 11.1 Å². The van der Waals surface area contributed by atoms with Crippen molar-refractivity contribution >= 4 is 22.4 Å². The quantitative estimate of drug-likeness (QED) is 0.183. The zero-order valence-electron chi connectivity index (χ0n) is 22.6. The summed E-state index contributed by atoms with van der Waals surface area (Å²) in [5.74, 6) is 3.52. The summed E-state index contributed by atoms with van der Waals surface area (Å²) >= 11 is 1.90. The fourth-order valence-corrected chi connectivity index (χ4v) is 8.96. The van der Waals surface area contributed by atoms with Gasteiger partial charge in [0.15, 0.2) is 0 Å². The molecule has 5 aromatic rings. The minimum Gasteiger partial charge on any atom is -0.341 e. The molecule has 2 saturated heterocycles. The number of hydrogen-bond acceptors (Lipinski definition) is 5. The summed E-state index contributed by atoms with van der Waals surface area (Å²) in [6.07, 6.45) is 10.7. The van der Waals surface area contributed by atoms with Gasteiger partial charge in [-0.05, 0) is 122 Å². The Kier molecular flexibility index (Phi) is 5.35. The second kappa shape index (κ2) is 9.13. The molecule has 2 aliphatic heterocycles. The van der Waals surface area contributed by atoms with E-state index in [2.05, 4.69) is 63.1 Å². The molecule has 0 radical (unpaired) electrons. The van der Waals surface area contributed by atoms with Gasteiger partial charge < -0.3 is 20.6 Å². The SMILES string of the molecule is c1cc2nc(C3CCCN3)[nH]c2cc1-c1ccc(-c2ccc(-c3cnc([C@@H]4CCCN4)[nH]3)s2)c2c1C1CCC2C1. The van der Waals surface area contributed by atoms with Crippen molar-refractivity contribution in [2.24, 2.45) is 0 Å². The molecular formula is C33H34N6S. The number of H-pyrrole nitrogens is 2. The van der Waals surface area contributed by atoms with Gasteiger partial charge in [-0.25, -0.2) is 9.97 Å². The van der Waals surface area contributed by atoms with Crippen molar-refractivity contribution in [3.63, 3.8) is 0 Å². The van der Waals surface area contributed by atoms with Crippen molar-refractivity contribution in [1.29, 1.82) is 0 Å². The molecule has 3 unspecified atom stereocenters. The minimum absolute atomic E-state index is 0.360. The lowest BCUT2D eigenvalue weighted by atomic mass is 9.83. The van der Waals surface area contributed by atoms with E-state index < -0.39 is 0 Å². The molecule has 4 N–H and O–H groups in total. The molecule has 7 heteroatoms. The van der Waals surface area contributed by atoms with Gasteiger partial charge in [-0.15, -0.1) is 11.3 Å². The molecule has 202 valence electrons. The first-order valence-electron chi connectivity index (χ1n) is 15.1. The average Bonchev–Trinajstić information content (AvgIpc) is 3.84. The first-order chi connectivity index (χ1) is 19.8. The van der Waals surface area contributed by atoms with Crippen LogP contribution in [0.1, 0.15) is 91.6 Å². The number of rotatable bonds is 5. The lowest BCUT2D eigenvalue weighted by molar-refractivity contribution is 0.613. The smallest absolute Gasteiger partial charge is 0.124 e. The highest BCUT2D eigenvalue weighted by Crippen LogP contribution is 2.59. The Hall–Kier alpha value is -3.26. The van der Waals surface area contributed by atoms with Crippen LogP contribution in [0.4, 0.5) is 0 Å². The maximum atomic E-state index is 4.92. The molecule has 4 aliphatic rings. The Morgan fingerprint density at radius 1 is 0.725 bits per heavy atom. The van der Waals surface area contributed by atoms with E-state index in [1.807, 2.05) is 17.5 Å². The second-order valence-electron chi connectivity index (χ2n) is 12.2. The summed E-state index contributed by atoms with van der Waals surface area (Å²) in [6, 6.07) is 16.9. The number of hydrogen-bond donors (Lipinski definition) is 4. The standard InChI is InChI=1S/C33H34N6S/c1-3-24(34-13-1)32-36-17-27(39-32)29-12-11-28(40-29)22-9-8-21(30-19-5-6-20(15-19)31(22)30)18-7-10-23-26(16-18)38-33(37-23)25-4-2-14-35-25/h7-12,16-17,19-20,24-25,34-35H,1-6,13-15H2,(H,36,39)(H,37,38)/t19?,20?,24-,25?/m0/s1. The predicted octanol–water partition coefficient (Wildman–Crippen LogP) is 7.56. The van der Waals surface area contributed by atoms with Crippen LogP contribution in [0, 0.1) is 0 Å². The van der Waals surface area contributed by atoms with Gasteiger partial charge in [-0.2, -0.15) is 0 Å². The van der Waals surface area contributed by atoms with Crippen molar-refractivity contribution in [3.8, 4) is 32.1 Å². The molecule has 3 aromatic heterocycles. The fraction of sp³-hybridized carbons (Fsp3) is 0.394. The molecule has 5 heterocycles. The minimum atomic E-state index is 0.360. The third-order valence-corrected chi connectivity index (χ3v) is 11.0. The molecule has 2 aliphatic carbocycles. The summed E-state index contributed by atoms with van der Waals surface area (Å²) in [4.78, 5) is 19.5. The molecule has 0 amide bonds. The molecule has 3 fully saturated rings. The highest BCUT2D eigenvalue weighted by Gasteiger charge is 2.40. The topological polar surface area (TPSA) is 81.4 Å². The number of aromatic nitrogens is 4. The summed E-state index contributed by atoms with van der Waals surface area (Å²) in [5, 5.41) is 7.14. The van der Waals surface area contributed by atoms with Gasteiger partial charge in [0.1, 0.15) is 11.6 Å². The lowest BCUT2D eigenvalue weighted by Crippen LogP contribution is -2.14. The molecule has 0 spiro atoms. The Bertz CT molecular complexity index is 1730. The number of aromatic amines is 2. The Morgan fingerprint density at radius 3 is 2.27 bits per heavy atom. The van der Waals surface area contributed by atoms with E-state index in [1.165, 1.54) is 58.5 Å². The number of nitrogens with one attached hydrogen (secondary N) is 4. The Labute approximate surface area is 238 Å². The number of fused-ring (bicyclic) bond motifs is 6. The fourth-order valence-electron chi connectivity index (χ4n) is 7.95. The van der Waals surface area contributed by atoms with Crippen LogP contribution in [0.5, 0.6) is 0 Å². The second-order valence-corrected chi connectivity index (χ2v) is 13.3. The van der Waals surface area contributed by atoms with E-state index in [9.17, 15) is 0 Å². The number of imidazole rings is 2. The third kappa shape index (κ3) is 3.67. The summed E-state index contributed by atoms with van der Waals surface area (Å²) < 4.78 is 0. The van der Waals surface area contributed by atoms with Gasteiger partial charge in [-0.1, -0.05) is 18.2 Å². The van der Waals surface area contributed by atoms with Crippen LogP contribution in [-0.4, -0.2) is 33.0 Å². The van der Waals surface area contributed by atoms with Crippen molar-refractivity contribution in [3.05, 3.63) is 71.4 Å². The van der Waals surface area contributed by atoms with Gasteiger partial charge in [0.05, 0.1) is 39.9 Å². The Balaban J connectivity index is 1.08. The predicted molar refractivity (Wildman–Crippen MR) is 162 cm³/mol. The molecule has 1 saturated carbocycles. The summed E-state index contributed by atoms with van der Waals surface area (Å²) in [7, 11) is 0. The lowest BCUT2D eigenvalue weighted by Gasteiger charge is -2.22. The van der Waals surface area contributed by atoms with Crippen LogP contribution in [0.2, 0.25) is 0 Å². The molecule has 2 aromatic carbocycles. The van der Waals surface area contributed by atoms with Crippen LogP contribution in [0.15, 0.2) is 48.7 Å². The number of thiophene rings is 1. The van der Waals surface area contributed by atoms with E-state index in [0.29, 0.717) is 23.9 Å². The van der Waals surface area contributed by atoms with Crippen LogP contribution in [0.3, 0.4) is 0 Å². The van der Waals surface area contributed by atoms with Crippen LogP contribution >= 0.6 is 11.3 Å². The maximum absolute atomic E-state index is 4.92. The van der Waals surface area contributed by atoms with Crippen molar-refractivity contribution < 1.29 is 0 Å². The van der Waals surface area contributed by atoms with Crippen molar-refractivity contribution in [1.82, 2.24) is 30.6 Å². The summed E-state index contributed by atoms with van der Waals surface area (Å²) in [5.41, 5.74) is 10.7. The van der Waals surface area contributed by atoms with E-state index >= 15 is 0 Å². The number of benzene rings is 2. The molecule has 9 rings (SSSR count). The third-order valence-electron chi connectivity index (χ3n) is 9.86. The van der Waals surface area contributed by atoms with Gasteiger partial charge >= 0.3 is 0 Å². The first-order valence-corrected chi connectivity index (χ1v) is 15.9. The van der Waals surface area contributed by atoms with Crippen LogP contribution in [0.25, 0.3) is 43.2 Å². The van der Waals surface area contributed by atoms with E-state index in [0.717, 1.165) is 54.3 Å². The van der Waals surface area contributed by atoms with Crippen LogP contribution < -0.4 is 10.6 Å². The summed E-state index contributed by atoms with van der Waals surface area (Å²) in [6.45, 7) is 2.17. The Morgan fingerprint density at radius 2 is 1.48 bits per heavy atom. The zero-order valence-corrected chi connectivity index (χ0v) is 23.4. The average molecular weight is 547 g/mol. The molecule has 40 heavy (non-hydrogen) atoms. The largest absolute Gasteiger partial charge is 0.341 e. The van der Waals surface area contributed by atoms with Gasteiger partial charge in [-0.3, -0.25) is 0 Å². The van der Waals surface area contributed by atoms with E-state index in [4.69, 9.17) is 9.97 Å². The highest BCUT2D eigenvalue weighted by molar-refractivity contribution is 7.18. The van der Waals surface area contributed by atoms with Gasteiger partial charge in [0.25, 0.3) is 0 Å². The maximum Gasteiger partial charge on any atom is 0.124 e. The number of nitrogens with zero attached hydrogens (tertiary/aromatic N) is 2. The van der Waals surface area contributed by atoms with E-state index in [-0.39, 0.29) is 0 Å². The highest BCUT2D eigenvalue weighted by atomic mass is 32.1. The molecular weight excluding hydrogens is 512 g/mol. The van der Waals surface area contributed by atoms with Gasteiger partial charge in [0.2, 0.25) is 0 Å². The van der Waals surface area contributed by atoms with Crippen molar-refractivity contribution in [2.45, 2.75) is 68.9 Å². The zero-order chi connectivity index (χ0) is 26.2. The van der Waals surface area contributed by atoms with Gasteiger partial charge in [0, 0.05) is 4.88 Å². The first kappa shape index (κ1) is 23.4. The normalized spacial score (nSPS) is 25.4. The van der Waals surface area contributed by atoms with Crippen LogP contribution in [-0.2, 0) is 0 Å². The molecule has 6 nitrogen and oxygen atoms in total. The monoisotopic (exact) mass is 546 g/mol. The molecule has 2 bridgehead atoms. The van der Waals surface area contributed by atoms with Crippen molar-refractivity contribution in [2.75, 3.05) is 13.1 Å².